The number of methoxy groups -OCH3 is 1. The molecule has 3 nitrogen and oxygen atoms in total. The maximum absolute atomic E-state index is 6.10. The van der Waals surface area contributed by atoms with Gasteiger partial charge in [0, 0.05) is 11.0 Å². The SMILES string of the molecule is COc1ccccc1OCCNc1cc(Br)ccc1Cl. The lowest BCUT2D eigenvalue weighted by atomic mass is 10.3. The molecule has 2 rings (SSSR count). The molecule has 0 amide bonds. The van der Waals surface area contributed by atoms with E-state index in [2.05, 4.69) is 21.2 Å². The highest BCUT2D eigenvalue weighted by atomic mass is 79.9. The Labute approximate surface area is 132 Å². The van der Waals surface area contributed by atoms with Crippen LogP contribution in [0.25, 0.3) is 0 Å². The highest BCUT2D eigenvalue weighted by Crippen LogP contribution is 2.27. The number of hydrogen-bond acceptors (Lipinski definition) is 3. The van der Waals surface area contributed by atoms with Gasteiger partial charge >= 0.3 is 0 Å². The van der Waals surface area contributed by atoms with Gasteiger partial charge in [0.05, 0.1) is 17.8 Å². The smallest absolute Gasteiger partial charge is 0.161 e. The van der Waals surface area contributed by atoms with Crippen LogP contribution in [0.1, 0.15) is 0 Å². The summed E-state index contributed by atoms with van der Waals surface area (Å²) in [6.07, 6.45) is 0. The summed E-state index contributed by atoms with van der Waals surface area (Å²) in [7, 11) is 1.63. The largest absolute Gasteiger partial charge is 0.493 e. The molecule has 1 N–H and O–H groups in total. The van der Waals surface area contributed by atoms with Crippen molar-refractivity contribution in [2.45, 2.75) is 0 Å². The van der Waals surface area contributed by atoms with Crippen LogP contribution in [0.5, 0.6) is 11.5 Å². The highest BCUT2D eigenvalue weighted by molar-refractivity contribution is 9.10. The maximum Gasteiger partial charge on any atom is 0.161 e. The number of nitrogens with one attached hydrogen (secondary N) is 1. The molecule has 2 aromatic carbocycles. The Morgan fingerprint density at radius 2 is 1.90 bits per heavy atom. The van der Waals surface area contributed by atoms with Gasteiger partial charge in [0.1, 0.15) is 6.61 Å². The number of anilines is 1. The van der Waals surface area contributed by atoms with E-state index in [1.54, 1.807) is 7.11 Å². The van der Waals surface area contributed by atoms with Gasteiger partial charge in [-0.15, -0.1) is 0 Å². The molecule has 0 unspecified atom stereocenters. The summed E-state index contributed by atoms with van der Waals surface area (Å²) < 4.78 is 11.9. The Morgan fingerprint density at radius 3 is 2.65 bits per heavy atom. The molecular weight excluding hydrogens is 342 g/mol. The van der Waals surface area contributed by atoms with E-state index in [0.29, 0.717) is 18.2 Å². The first-order chi connectivity index (χ1) is 9.70. The van der Waals surface area contributed by atoms with Crippen molar-refractivity contribution in [3.05, 3.63) is 52.0 Å². The van der Waals surface area contributed by atoms with E-state index in [1.165, 1.54) is 0 Å². The molecule has 0 saturated heterocycles. The van der Waals surface area contributed by atoms with E-state index < -0.39 is 0 Å². The van der Waals surface area contributed by atoms with Gasteiger partial charge in [0.15, 0.2) is 11.5 Å². The average molecular weight is 357 g/mol. The quantitative estimate of drug-likeness (QED) is 0.767. The second kappa shape index (κ2) is 7.41. The maximum atomic E-state index is 6.10. The third-order valence-electron chi connectivity index (χ3n) is 2.67. The third kappa shape index (κ3) is 4.05. The average Bonchev–Trinajstić information content (AvgIpc) is 2.47. The molecule has 106 valence electrons. The van der Waals surface area contributed by atoms with Crippen LogP contribution in [0.15, 0.2) is 46.9 Å². The number of rotatable bonds is 6. The van der Waals surface area contributed by atoms with Gasteiger partial charge in [0.25, 0.3) is 0 Å². The van der Waals surface area contributed by atoms with Crippen LogP contribution in [0.2, 0.25) is 5.02 Å². The van der Waals surface area contributed by atoms with Crippen molar-refractivity contribution >= 4 is 33.2 Å². The van der Waals surface area contributed by atoms with Crippen LogP contribution in [0, 0.1) is 0 Å². The second-order valence-electron chi connectivity index (χ2n) is 4.05. The van der Waals surface area contributed by atoms with Crippen molar-refractivity contribution in [1.82, 2.24) is 0 Å². The van der Waals surface area contributed by atoms with Gasteiger partial charge < -0.3 is 14.8 Å². The molecule has 0 spiro atoms. The van der Waals surface area contributed by atoms with Crippen LogP contribution in [0.3, 0.4) is 0 Å². The minimum atomic E-state index is 0.517. The summed E-state index contributed by atoms with van der Waals surface area (Å²) in [6, 6.07) is 13.2. The molecule has 0 radical (unpaired) electrons. The normalized spacial score (nSPS) is 10.2. The molecule has 0 aliphatic heterocycles. The Kier molecular flexibility index (Phi) is 5.56. The predicted molar refractivity (Wildman–Crippen MR) is 86.1 cm³/mol. The molecule has 0 bridgehead atoms. The first-order valence-corrected chi connectivity index (χ1v) is 7.32. The Balaban J connectivity index is 1.86. The third-order valence-corrected chi connectivity index (χ3v) is 3.50. The topological polar surface area (TPSA) is 30.5 Å². The lowest BCUT2D eigenvalue weighted by molar-refractivity contribution is 0.306. The van der Waals surface area contributed by atoms with Gasteiger partial charge in [0.2, 0.25) is 0 Å². The summed E-state index contributed by atoms with van der Waals surface area (Å²) in [5.41, 5.74) is 0.879. The fourth-order valence-corrected chi connectivity index (χ4v) is 2.26. The fourth-order valence-electron chi connectivity index (χ4n) is 1.72. The molecule has 0 saturated carbocycles. The van der Waals surface area contributed by atoms with Gasteiger partial charge in [-0.05, 0) is 30.3 Å². The first kappa shape index (κ1) is 15.0. The molecule has 2 aromatic rings. The van der Waals surface area contributed by atoms with E-state index in [9.17, 15) is 0 Å². The second-order valence-corrected chi connectivity index (χ2v) is 5.37. The Hall–Kier alpha value is -1.39. The summed E-state index contributed by atoms with van der Waals surface area (Å²) in [5.74, 6) is 1.46. The number of para-hydroxylation sites is 2. The zero-order valence-electron chi connectivity index (χ0n) is 11.0. The molecule has 0 fully saturated rings. The lowest BCUT2D eigenvalue weighted by Crippen LogP contribution is -2.12. The van der Waals surface area contributed by atoms with Crippen molar-refractivity contribution in [2.24, 2.45) is 0 Å². The van der Waals surface area contributed by atoms with Crippen molar-refractivity contribution in [1.29, 1.82) is 0 Å². The van der Waals surface area contributed by atoms with Gasteiger partial charge in [-0.3, -0.25) is 0 Å². The summed E-state index contributed by atoms with van der Waals surface area (Å²) >= 11 is 9.51. The standard InChI is InChI=1S/C15H15BrClNO2/c1-19-14-4-2-3-5-15(14)20-9-8-18-13-10-11(16)6-7-12(13)17/h2-7,10,18H,8-9H2,1H3. The van der Waals surface area contributed by atoms with E-state index in [1.807, 2.05) is 42.5 Å². The van der Waals surface area contributed by atoms with Crippen molar-refractivity contribution in [2.75, 3.05) is 25.6 Å². The first-order valence-electron chi connectivity index (χ1n) is 6.15. The van der Waals surface area contributed by atoms with Crippen molar-refractivity contribution < 1.29 is 9.47 Å². The molecule has 0 aromatic heterocycles. The van der Waals surface area contributed by atoms with E-state index >= 15 is 0 Å². The number of hydrogen-bond donors (Lipinski definition) is 1. The highest BCUT2D eigenvalue weighted by Gasteiger charge is 2.03. The minimum absolute atomic E-state index is 0.517. The van der Waals surface area contributed by atoms with Gasteiger partial charge in [-0.2, -0.15) is 0 Å². The number of halogens is 2. The van der Waals surface area contributed by atoms with Gasteiger partial charge in [-0.25, -0.2) is 0 Å². The molecule has 0 atom stereocenters. The van der Waals surface area contributed by atoms with E-state index in [4.69, 9.17) is 21.1 Å². The summed E-state index contributed by atoms with van der Waals surface area (Å²) in [6.45, 7) is 1.16. The zero-order chi connectivity index (χ0) is 14.4. The molecule has 0 aliphatic carbocycles. The van der Waals surface area contributed by atoms with Crippen LogP contribution in [0.4, 0.5) is 5.69 Å². The van der Waals surface area contributed by atoms with E-state index in [-0.39, 0.29) is 0 Å². The summed E-state index contributed by atoms with van der Waals surface area (Å²) in [4.78, 5) is 0. The van der Waals surface area contributed by atoms with Crippen molar-refractivity contribution in [3.63, 3.8) is 0 Å². The lowest BCUT2D eigenvalue weighted by Gasteiger charge is -2.12. The minimum Gasteiger partial charge on any atom is -0.493 e. The molecule has 0 aliphatic rings. The number of benzene rings is 2. The molecular formula is C15H15BrClNO2. The zero-order valence-corrected chi connectivity index (χ0v) is 13.4. The van der Waals surface area contributed by atoms with Crippen LogP contribution >= 0.6 is 27.5 Å². The molecule has 5 heteroatoms. The predicted octanol–water partition coefficient (Wildman–Crippen LogP) is 4.60. The fraction of sp³-hybridized carbons (Fsp3) is 0.200. The van der Waals surface area contributed by atoms with E-state index in [0.717, 1.165) is 21.7 Å². The van der Waals surface area contributed by atoms with Crippen LogP contribution in [-0.2, 0) is 0 Å². The van der Waals surface area contributed by atoms with Crippen LogP contribution < -0.4 is 14.8 Å². The van der Waals surface area contributed by atoms with Crippen LogP contribution in [-0.4, -0.2) is 20.3 Å². The van der Waals surface area contributed by atoms with Gasteiger partial charge in [-0.1, -0.05) is 39.7 Å². The number of ether oxygens (including phenoxy) is 2. The van der Waals surface area contributed by atoms with Crippen molar-refractivity contribution in [3.8, 4) is 11.5 Å². The monoisotopic (exact) mass is 355 g/mol. The Morgan fingerprint density at radius 1 is 1.15 bits per heavy atom. The molecule has 20 heavy (non-hydrogen) atoms. The summed E-state index contributed by atoms with van der Waals surface area (Å²) in [5, 5.41) is 3.92. The Bertz CT molecular complexity index is 578. The molecule has 0 heterocycles.